The molecule has 25 heavy (non-hydrogen) atoms. The van der Waals surface area contributed by atoms with E-state index in [1.165, 1.54) is 0 Å². The van der Waals surface area contributed by atoms with Crippen molar-refractivity contribution < 1.29 is 4.74 Å². The molecule has 8 heteroatoms. The van der Waals surface area contributed by atoms with Gasteiger partial charge in [0.1, 0.15) is 5.82 Å². The van der Waals surface area contributed by atoms with Gasteiger partial charge >= 0.3 is 0 Å². The van der Waals surface area contributed by atoms with Crippen LogP contribution in [0.15, 0.2) is 23.3 Å². The lowest BCUT2D eigenvalue weighted by molar-refractivity contribution is 0.0389. The molecule has 142 valence electrons. The molecule has 0 aliphatic carbocycles. The van der Waals surface area contributed by atoms with E-state index in [1.807, 2.05) is 31.3 Å². The number of morpholine rings is 1. The van der Waals surface area contributed by atoms with Crippen molar-refractivity contribution in [3.05, 3.63) is 23.9 Å². The van der Waals surface area contributed by atoms with Gasteiger partial charge < -0.3 is 20.3 Å². The van der Waals surface area contributed by atoms with Crippen molar-refractivity contribution in [2.45, 2.75) is 13.5 Å². The van der Waals surface area contributed by atoms with Crippen LogP contribution < -0.4 is 15.5 Å². The van der Waals surface area contributed by atoms with Crippen LogP contribution in [-0.4, -0.2) is 75.9 Å². The molecule has 1 aliphatic rings. The lowest BCUT2D eigenvalue weighted by Crippen LogP contribution is -2.44. The monoisotopic (exact) mass is 462 g/mol. The molecule has 0 saturated carbocycles. The molecule has 1 saturated heterocycles. The summed E-state index contributed by atoms with van der Waals surface area (Å²) in [5.74, 6) is 1.81. The van der Waals surface area contributed by atoms with Crippen LogP contribution in [0.1, 0.15) is 12.5 Å². The molecule has 0 spiro atoms. The minimum atomic E-state index is 0. The summed E-state index contributed by atoms with van der Waals surface area (Å²) >= 11 is 0. The van der Waals surface area contributed by atoms with E-state index >= 15 is 0 Å². The van der Waals surface area contributed by atoms with E-state index in [9.17, 15) is 0 Å². The molecule has 1 aromatic rings. The van der Waals surface area contributed by atoms with Crippen LogP contribution >= 0.6 is 24.0 Å². The van der Waals surface area contributed by atoms with Crippen molar-refractivity contribution >= 4 is 35.8 Å². The van der Waals surface area contributed by atoms with Gasteiger partial charge in [0.25, 0.3) is 0 Å². The van der Waals surface area contributed by atoms with Gasteiger partial charge in [-0.25, -0.2) is 9.98 Å². The average Bonchev–Trinajstić information content (AvgIpc) is 2.60. The molecule has 0 unspecified atom stereocenters. The zero-order chi connectivity index (χ0) is 17.2. The Balaban J connectivity index is 0.00000312. The van der Waals surface area contributed by atoms with E-state index in [-0.39, 0.29) is 24.0 Å². The van der Waals surface area contributed by atoms with Crippen molar-refractivity contribution in [2.75, 3.05) is 64.9 Å². The van der Waals surface area contributed by atoms with Gasteiger partial charge in [-0.1, -0.05) is 6.07 Å². The highest BCUT2D eigenvalue weighted by Crippen LogP contribution is 2.15. The molecule has 1 aliphatic heterocycles. The van der Waals surface area contributed by atoms with Gasteiger partial charge in [0.15, 0.2) is 5.96 Å². The van der Waals surface area contributed by atoms with Crippen LogP contribution in [-0.2, 0) is 11.3 Å². The number of ether oxygens (including phenoxy) is 1. The molecule has 1 fully saturated rings. The first-order valence-corrected chi connectivity index (χ1v) is 8.64. The highest BCUT2D eigenvalue weighted by atomic mass is 127. The Kier molecular flexibility index (Phi) is 10.7. The molecular formula is C17H31IN6O. The summed E-state index contributed by atoms with van der Waals surface area (Å²) in [6.45, 7) is 9.10. The number of hydrogen-bond acceptors (Lipinski definition) is 5. The van der Waals surface area contributed by atoms with Crippen molar-refractivity contribution in [1.29, 1.82) is 0 Å². The maximum atomic E-state index is 5.38. The van der Waals surface area contributed by atoms with E-state index in [2.05, 4.69) is 33.5 Å². The maximum Gasteiger partial charge on any atom is 0.191 e. The second-order valence-corrected chi connectivity index (χ2v) is 5.96. The largest absolute Gasteiger partial charge is 0.379 e. The summed E-state index contributed by atoms with van der Waals surface area (Å²) < 4.78 is 5.38. The van der Waals surface area contributed by atoms with Crippen LogP contribution in [0, 0.1) is 0 Å². The first kappa shape index (κ1) is 21.9. The second-order valence-electron chi connectivity index (χ2n) is 5.96. The van der Waals surface area contributed by atoms with Crippen LogP contribution in [0.3, 0.4) is 0 Å². The van der Waals surface area contributed by atoms with Crippen LogP contribution in [0.25, 0.3) is 0 Å². The van der Waals surface area contributed by atoms with E-state index in [1.54, 1.807) is 0 Å². The summed E-state index contributed by atoms with van der Waals surface area (Å²) in [5.41, 5.74) is 1.12. The van der Waals surface area contributed by atoms with Gasteiger partial charge in [-0.3, -0.25) is 4.90 Å². The Bertz CT molecular complexity index is 520. The normalized spacial score (nSPS) is 15.4. The fraction of sp³-hybridized carbons (Fsp3) is 0.647. The molecule has 0 aromatic carbocycles. The van der Waals surface area contributed by atoms with Gasteiger partial charge in [0.05, 0.1) is 19.8 Å². The van der Waals surface area contributed by atoms with E-state index in [0.29, 0.717) is 6.54 Å². The minimum absolute atomic E-state index is 0. The van der Waals surface area contributed by atoms with Crippen molar-refractivity contribution in [1.82, 2.24) is 20.5 Å². The van der Waals surface area contributed by atoms with Gasteiger partial charge in [-0.15, -0.1) is 24.0 Å². The molecule has 1 aromatic heterocycles. The predicted octanol–water partition coefficient (Wildman–Crippen LogP) is 1.15. The SMILES string of the molecule is CCNC(=NCc1cccnc1N(C)C)NCCN1CCOCC1.I. The summed E-state index contributed by atoms with van der Waals surface area (Å²) in [6, 6.07) is 4.03. The first-order chi connectivity index (χ1) is 11.7. The van der Waals surface area contributed by atoms with Gasteiger partial charge in [-0.2, -0.15) is 0 Å². The Morgan fingerprint density at radius 2 is 2.08 bits per heavy atom. The third-order valence-electron chi connectivity index (χ3n) is 3.87. The van der Waals surface area contributed by atoms with E-state index in [0.717, 1.165) is 63.3 Å². The number of aromatic nitrogens is 1. The zero-order valence-electron chi connectivity index (χ0n) is 15.5. The molecule has 2 rings (SSSR count). The molecule has 2 heterocycles. The standard InChI is InChI=1S/C17H30N6O.HI/c1-4-18-17(20-8-9-23-10-12-24-13-11-23)21-14-15-6-5-7-19-16(15)22(2)3;/h5-7H,4,8-14H2,1-3H3,(H2,18,20,21);1H. The van der Waals surface area contributed by atoms with Gasteiger partial charge in [-0.05, 0) is 13.0 Å². The Morgan fingerprint density at radius 3 is 2.76 bits per heavy atom. The third-order valence-corrected chi connectivity index (χ3v) is 3.87. The summed E-state index contributed by atoms with van der Waals surface area (Å²) in [4.78, 5) is 13.5. The molecule has 0 radical (unpaired) electrons. The number of hydrogen-bond donors (Lipinski definition) is 2. The molecule has 2 N–H and O–H groups in total. The lowest BCUT2D eigenvalue weighted by Gasteiger charge is -2.26. The Hall–Kier alpha value is -1.13. The first-order valence-electron chi connectivity index (χ1n) is 8.64. The number of guanidine groups is 1. The summed E-state index contributed by atoms with van der Waals surface area (Å²) in [5, 5.41) is 6.71. The summed E-state index contributed by atoms with van der Waals surface area (Å²) in [6.07, 6.45) is 1.81. The fourth-order valence-electron chi connectivity index (χ4n) is 2.62. The van der Waals surface area contributed by atoms with Crippen molar-refractivity contribution in [2.24, 2.45) is 4.99 Å². The highest BCUT2D eigenvalue weighted by Gasteiger charge is 2.10. The quantitative estimate of drug-likeness (QED) is 0.360. The van der Waals surface area contributed by atoms with Crippen molar-refractivity contribution in [3.8, 4) is 0 Å². The molecule has 0 amide bonds. The van der Waals surface area contributed by atoms with Crippen LogP contribution in [0.5, 0.6) is 0 Å². The number of halogens is 1. The second kappa shape index (κ2) is 12.3. The lowest BCUT2D eigenvalue weighted by atomic mass is 10.2. The topological polar surface area (TPSA) is 65.0 Å². The smallest absolute Gasteiger partial charge is 0.191 e. The predicted molar refractivity (Wildman–Crippen MR) is 114 cm³/mol. The van der Waals surface area contributed by atoms with Gasteiger partial charge in [0.2, 0.25) is 0 Å². The maximum absolute atomic E-state index is 5.38. The Morgan fingerprint density at radius 1 is 1.32 bits per heavy atom. The number of nitrogens with zero attached hydrogens (tertiary/aromatic N) is 4. The van der Waals surface area contributed by atoms with E-state index < -0.39 is 0 Å². The molecular weight excluding hydrogens is 431 g/mol. The number of pyridine rings is 1. The number of rotatable bonds is 7. The van der Waals surface area contributed by atoms with E-state index in [4.69, 9.17) is 9.73 Å². The van der Waals surface area contributed by atoms with Crippen molar-refractivity contribution in [3.63, 3.8) is 0 Å². The highest BCUT2D eigenvalue weighted by molar-refractivity contribution is 14.0. The van der Waals surface area contributed by atoms with Crippen LogP contribution in [0.2, 0.25) is 0 Å². The fourth-order valence-corrected chi connectivity index (χ4v) is 2.62. The molecule has 7 nitrogen and oxygen atoms in total. The van der Waals surface area contributed by atoms with Crippen LogP contribution in [0.4, 0.5) is 5.82 Å². The third kappa shape index (κ3) is 7.74. The number of anilines is 1. The average molecular weight is 462 g/mol. The molecule has 0 bridgehead atoms. The zero-order valence-corrected chi connectivity index (χ0v) is 17.8. The number of nitrogens with one attached hydrogen (secondary N) is 2. The minimum Gasteiger partial charge on any atom is -0.379 e. The van der Waals surface area contributed by atoms with Gasteiger partial charge in [0, 0.05) is 58.6 Å². The summed E-state index contributed by atoms with van der Waals surface area (Å²) in [7, 11) is 4.00. The Labute approximate surface area is 168 Å². The molecule has 0 atom stereocenters. The number of aliphatic imine (C=N–C) groups is 1.